The van der Waals surface area contributed by atoms with Crippen LogP contribution in [0.4, 0.5) is 0 Å². The molecule has 4 heteroatoms. The summed E-state index contributed by atoms with van der Waals surface area (Å²) in [7, 11) is 0. The molecule has 0 aliphatic carbocycles. The first-order valence-electron chi connectivity index (χ1n) is 6.93. The first-order valence-corrected chi connectivity index (χ1v) is 7.72. The maximum atomic E-state index is 5.91. The quantitative estimate of drug-likeness (QED) is 0.666. The zero-order chi connectivity index (χ0) is 13.9. The van der Waals surface area contributed by atoms with E-state index in [4.69, 9.17) is 9.47 Å². The van der Waals surface area contributed by atoms with Crippen LogP contribution in [-0.2, 0) is 9.47 Å². The molecule has 1 unspecified atom stereocenters. The summed E-state index contributed by atoms with van der Waals surface area (Å²) in [5.74, 6) is 0. The fourth-order valence-corrected chi connectivity index (χ4v) is 2.02. The highest BCUT2D eigenvalue weighted by Gasteiger charge is 2.11. The summed E-state index contributed by atoms with van der Waals surface area (Å²) in [6, 6.07) is 8.30. The van der Waals surface area contributed by atoms with Crippen LogP contribution in [0.2, 0.25) is 0 Å². The largest absolute Gasteiger partial charge is 0.379 e. The van der Waals surface area contributed by atoms with Crippen molar-refractivity contribution in [3.8, 4) is 0 Å². The molecule has 0 heterocycles. The highest BCUT2D eigenvalue weighted by atomic mass is 79.9. The Hall–Kier alpha value is -0.420. The smallest absolute Gasteiger partial charge is 0.0950 e. The van der Waals surface area contributed by atoms with Crippen LogP contribution in [0.5, 0.6) is 0 Å². The molecule has 0 radical (unpaired) electrons. The molecule has 0 aliphatic rings. The number of halogens is 1. The lowest BCUT2D eigenvalue weighted by Crippen LogP contribution is -2.25. The molecule has 1 atom stereocenters. The van der Waals surface area contributed by atoms with Gasteiger partial charge in [-0.15, -0.1) is 0 Å². The topological polar surface area (TPSA) is 30.5 Å². The average molecular weight is 330 g/mol. The van der Waals surface area contributed by atoms with E-state index in [1.165, 1.54) is 5.56 Å². The van der Waals surface area contributed by atoms with Gasteiger partial charge in [-0.1, -0.05) is 35.0 Å². The third-order valence-electron chi connectivity index (χ3n) is 2.75. The van der Waals surface area contributed by atoms with Gasteiger partial charge < -0.3 is 14.8 Å². The molecule has 3 nitrogen and oxygen atoms in total. The first kappa shape index (κ1) is 16.6. The van der Waals surface area contributed by atoms with Gasteiger partial charge in [0.25, 0.3) is 0 Å². The van der Waals surface area contributed by atoms with Crippen LogP contribution < -0.4 is 5.32 Å². The van der Waals surface area contributed by atoms with Gasteiger partial charge in [-0.3, -0.25) is 0 Å². The molecular formula is C15H24BrNO2. The van der Waals surface area contributed by atoms with Crippen LogP contribution >= 0.6 is 15.9 Å². The molecule has 1 aromatic carbocycles. The highest BCUT2D eigenvalue weighted by molar-refractivity contribution is 9.10. The molecule has 0 fully saturated rings. The summed E-state index contributed by atoms with van der Waals surface area (Å²) >= 11 is 3.46. The van der Waals surface area contributed by atoms with Crippen molar-refractivity contribution in [2.45, 2.75) is 26.4 Å². The second kappa shape index (κ2) is 10.4. The molecule has 1 N–H and O–H groups in total. The van der Waals surface area contributed by atoms with Gasteiger partial charge in [0, 0.05) is 17.6 Å². The summed E-state index contributed by atoms with van der Waals surface area (Å²) in [6.07, 6.45) is 1.21. The Morgan fingerprint density at radius 1 is 1.16 bits per heavy atom. The van der Waals surface area contributed by atoms with E-state index < -0.39 is 0 Å². The van der Waals surface area contributed by atoms with Gasteiger partial charge in [-0.05, 0) is 37.6 Å². The van der Waals surface area contributed by atoms with Crippen LogP contribution in [0.25, 0.3) is 0 Å². The zero-order valence-electron chi connectivity index (χ0n) is 11.8. The van der Waals surface area contributed by atoms with E-state index >= 15 is 0 Å². The van der Waals surface area contributed by atoms with Crippen molar-refractivity contribution in [3.63, 3.8) is 0 Å². The lowest BCUT2D eigenvalue weighted by molar-refractivity contribution is 0.00694. The average Bonchev–Trinajstić information content (AvgIpc) is 2.43. The Kier molecular flexibility index (Phi) is 9.08. The standard InChI is InChI=1S/C15H24BrNO2/c1-3-9-17-12-15(19-11-10-18-4-2)13-5-7-14(16)8-6-13/h5-8,15,17H,3-4,9-12H2,1-2H3. The van der Waals surface area contributed by atoms with Crippen molar-refractivity contribution < 1.29 is 9.47 Å². The molecule has 19 heavy (non-hydrogen) atoms. The maximum absolute atomic E-state index is 5.91. The Balaban J connectivity index is 2.49. The molecule has 0 aromatic heterocycles. The van der Waals surface area contributed by atoms with Crippen molar-refractivity contribution >= 4 is 15.9 Å². The van der Waals surface area contributed by atoms with E-state index in [9.17, 15) is 0 Å². The van der Waals surface area contributed by atoms with Crippen molar-refractivity contribution in [2.24, 2.45) is 0 Å². The fourth-order valence-electron chi connectivity index (χ4n) is 1.75. The molecule has 1 aromatic rings. The summed E-state index contributed by atoms with van der Waals surface area (Å²) in [4.78, 5) is 0. The Bertz CT molecular complexity index is 329. The molecule has 0 amide bonds. The maximum Gasteiger partial charge on any atom is 0.0950 e. The lowest BCUT2D eigenvalue weighted by atomic mass is 10.1. The highest BCUT2D eigenvalue weighted by Crippen LogP contribution is 2.19. The Labute approximate surface area is 124 Å². The van der Waals surface area contributed by atoms with Crippen LogP contribution in [0.1, 0.15) is 31.9 Å². The van der Waals surface area contributed by atoms with Gasteiger partial charge in [0.1, 0.15) is 0 Å². The molecule has 0 saturated carbocycles. The normalized spacial score (nSPS) is 12.6. The minimum absolute atomic E-state index is 0.0834. The molecule has 0 aliphatic heterocycles. The predicted octanol–water partition coefficient (Wildman–Crippen LogP) is 3.54. The summed E-state index contributed by atoms with van der Waals surface area (Å²) in [5.41, 5.74) is 1.20. The van der Waals surface area contributed by atoms with Crippen molar-refractivity contribution in [2.75, 3.05) is 32.9 Å². The number of ether oxygens (including phenoxy) is 2. The molecular weight excluding hydrogens is 306 g/mol. The fraction of sp³-hybridized carbons (Fsp3) is 0.600. The van der Waals surface area contributed by atoms with Crippen molar-refractivity contribution in [3.05, 3.63) is 34.3 Å². The number of benzene rings is 1. The molecule has 108 valence electrons. The second-order valence-electron chi connectivity index (χ2n) is 4.31. The Morgan fingerprint density at radius 2 is 1.89 bits per heavy atom. The van der Waals surface area contributed by atoms with Crippen LogP contribution in [-0.4, -0.2) is 32.9 Å². The van der Waals surface area contributed by atoms with Gasteiger partial charge in [-0.25, -0.2) is 0 Å². The van der Waals surface area contributed by atoms with E-state index in [2.05, 4.69) is 40.3 Å². The van der Waals surface area contributed by atoms with Crippen molar-refractivity contribution in [1.29, 1.82) is 0 Å². The lowest BCUT2D eigenvalue weighted by Gasteiger charge is -2.19. The summed E-state index contributed by atoms with van der Waals surface area (Å²) in [5, 5.41) is 3.41. The van der Waals surface area contributed by atoms with E-state index in [-0.39, 0.29) is 6.10 Å². The van der Waals surface area contributed by atoms with Crippen LogP contribution in [0, 0.1) is 0 Å². The van der Waals surface area contributed by atoms with Gasteiger partial charge >= 0.3 is 0 Å². The summed E-state index contributed by atoms with van der Waals surface area (Å²) in [6.45, 7) is 8.02. The third kappa shape index (κ3) is 7.06. The number of rotatable bonds is 10. The number of hydrogen-bond donors (Lipinski definition) is 1. The number of hydrogen-bond acceptors (Lipinski definition) is 3. The molecule has 0 bridgehead atoms. The van der Waals surface area contributed by atoms with Gasteiger partial charge in [0.05, 0.1) is 19.3 Å². The SMILES string of the molecule is CCCNCC(OCCOCC)c1ccc(Br)cc1. The van der Waals surface area contributed by atoms with E-state index in [1.807, 2.05) is 19.1 Å². The molecule has 1 rings (SSSR count). The van der Waals surface area contributed by atoms with Gasteiger partial charge in [0.15, 0.2) is 0 Å². The van der Waals surface area contributed by atoms with Gasteiger partial charge in [0.2, 0.25) is 0 Å². The van der Waals surface area contributed by atoms with Crippen LogP contribution in [0.15, 0.2) is 28.7 Å². The molecule has 0 saturated heterocycles. The molecule has 0 spiro atoms. The minimum Gasteiger partial charge on any atom is -0.379 e. The third-order valence-corrected chi connectivity index (χ3v) is 3.28. The second-order valence-corrected chi connectivity index (χ2v) is 5.23. The van der Waals surface area contributed by atoms with Crippen LogP contribution in [0.3, 0.4) is 0 Å². The Morgan fingerprint density at radius 3 is 2.53 bits per heavy atom. The van der Waals surface area contributed by atoms with E-state index in [0.717, 1.165) is 30.6 Å². The minimum atomic E-state index is 0.0834. The van der Waals surface area contributed by atoms with Gasteiger partial charge in [-0.2, -0.15) is 0 Å². The predicted molar refractivity (Wildman–Crippen MR) is 82.5 cm³/mol. The van der Waals surface area contributed by atoms with Crippen molar-refractivity contribution in [1.82, 2.24) is 5.32 Å². The monoisotopic (exact) mass is 329 g/mol. The first-order chi connectivity index (χ1) is 9.27. The van der Waals surface area contributed by atoms with E-state index in [1.54, 1.807) is 0 Å². The van der Waals surface area contributed by atoms with E-state index in [0.29, 0.717) is 13.2 Å². The summed E-state index contributed by atoms with van der Waals surface area (Å²) < 4.78 is 12.3. The zero-order valence-corrected chi connectivity index (χ0v) is 13.4. The number of nitrogens with one attached hydrogen (secondary N) is 1.